The second-order valence-electron chi connectivity index (χ2n) is 6.73. The minimum absolute atomic E-state index is 0.0686. The van der Waals surface area contributed by atoms with Crippen molar-refractivity contribution in [3.8, 4) is 11.8 Å². The van der Waals surface area contributed by atoms with Crippen molar-refractivity contribution in [1.29, 1.82) is 5.26 Å². The number of aryl methyl sites for hydroxylation is 1. The first-order valence-electron chi connectivity index (χ1n) is 7.31. The van der Waals surface area contributed by atoms with Gasteiger partial charge < -0.3 is 9.67 Å². The van der Waals surface area contributed by atoms with Gasteiger partial charge in [0.15, 0.2) is 0 Å². The zero-order chi connectivity index (χ0) is 15.2. The number of aliphatic hydroxyl groups is 1. The molecule has 1 aliphatic rings. The molecule has 1 aromatic heterocycles. The van der Waals surface area contributed by atoms with Gasteiger partial charge in [-0.3, -0.25) is 0 Å². The third-order valence-corrected chi connectivity index (χ3v) is 4.40. The van der Waals surface area contributed by atoms with E-state index in [4.69, 9.17) is 0 Å². The number of aromatic nitrogens is 1. The maximum absolute atomic E-state index is 10.4. The highest BCUT2D eigenvalue weighted by Gasteiger charge is 2.33. The third-order valence-electron chi connectivity index (χ3n) is 4.40. The first-order chi connectivity index (χ1) is 9.93. The predicted octanol–water partition coefficient (Wildman–Crippen LogP) is 3.66. The molecular formula is C18H20N2O. The lowest BCUT2D eigenvalue weighted by atomic mass is 9.75. The van der Waals surface area contributed by atoms with E-state index in [0.717, 1.165) is 35.3 Å². The summed E-state index contributed by atoms with van der Waals surface area (Å²) in [5.74, 6) is 0. The van der Waals surface area contributed by atoms with E-state index in [1.54, 1.807) is 0 Å². The Morgan fingerprint density at radius 2 is 2.10 bits per heavy atom. The highest BCUT2D eigenvalue weighted by Crippen LogP contribution is 2.42. The normalized spacial score (nSPS) is 19.9. The van der Waals surface area contributed by atoms with Gasteiger partial charge in [-0.2, -0.15) is 5.26 Å². The summed E-state index contributed by atoms with van der Waals surface area (Å²) < 4.78 is 2.07. The van der Waals surface area contributed by atoms with Gasteiger partial charge in [0.05, 0.1) is 17.4 Å². The van der Waals surface area contributed by atoms with Crippen molar-refractivity contribution >= 4 is 0 Å². The van der Waals surface area contributed by atoms with Crippen molar-refractivity contribution < 1.29 is 5.11 Å². The molecule has 0 saturated heterocycles. The summed E-state index contributed by atoms with van der Waals surface area (Å²) in [6.07, 6.45) is 3.25. The predicted molar refractivity (Wildman–Crippen MR) is 82.3 cm³/mol. The average Bonchev–Trinajstić information content (AvgIpc) is 2.80. The monoisotopic (exact) mass is 280 g/mol. The first kappa shape index (κ1) is 13.9. The molecule has 0 fully saturated rings. The van der Waals surface area contributed by atoms with Crippen LogP contribution >= 0.6 is 0 Å². The van der Waals surface area contributed by atoms with Crippen LogP contribution in [0.2, 0.25) is 0 Å². The van der Waals surface area contributed by atoms with Crippen LogP contribution in [0.1, 0.15) is 48.8 Å². The largest absolute Gasteiger partial charge is 0.388 e. The minimum atomic E-state index is -0.416. The van der Waals surface area contributed by atoms with Gasteiger partial charge in [0.25, 0.3) is 0 Å². The summed E-state index contributed by atoms with van der Waals surface area (Å²) in [6, 6.07) is 10.2. The molecular weight excluding hydrogens is 260 g/mol. The number of nitriles is 1. The van der Waals surface area contributed by atoms with Crippen molar-refractivity contribution in [3.05, 3.63) is 52.8 Å². The van der Waals surface area contributed by atoms with E-state index < -0.39 is 6.10 Å². The number of nitrogens with zero attached hydrogens (tertiary/aromatic N) is 2. The molecule has 1 atom stereocenters. The highest BCUT2D eigenvalue weighted by atomic mass is 16.3. The molecule has 0 amide bonds. The fourth-order valence-corrected chi connectivity index (χ4v) is 3.35. The molecule has 0 bridgehead atoms. The minimum Gasteiger partial charge on any atom is -0.388 e. The van der Waals surface area contributed by atoms with Crippen LogP contribution < -0.4 is 0 Å². The van der Waals surface area contributed by atoms with Gasteiger partial charge in [-0.1, -0.05) is 26.0 Å². The molecule has 0 radical (unpaired) electrons. The topological polar surface area (TPSA) is 49.0 Å². The molecule has 0 aliphatic heterocycles. The van der Waals surface area contributed by atoms with Crippen molar-refractivity contribution in [1.82, 2.24) is 4.57 Å². The van der Waals surface area contributed by atoms with Crippen molar-refractivity contribution in [3.63, 3.8) is 0 Å². The molecule has 2 aromatic rings. The van der Waals surface area contributed by atoms with Gasteiger partial charge in [-0.05, 0) is 42.9 Å². The van der Waals surface area contributed by atoms with Crippen molar-refractivity contribution in [2.75, 3.05) is 0 Å². The van der Waals surface area contributed by atoms with Crippen LogP contribution in [0, 0.1) is 23.7 Å². The zero-order valence-electron chi connectivity index (χ0n) is 12.7. The molecule has 0 spiro atoms. The Morgan fingerprint density at radius 3 is 2.81 bits per heavy atom. The molecule has 3 rings (SSSR count). The van der Waals surface area contributed by atoms with E-state index in [9.17, 15) is 10.4 Å². The van der Waals surface area contributed by atoms with Gasteiger partial charge in [0.2, 0.25) is 0 Å². The van der Waals surface area contributed by atoms with Crippen molar-refractivity contribution in [2.45, 2.75) is 39.7 Å². The van der Waals surface area contributed by atoms with Gasteiger partial charge >= 0.3 is 0 Å². The fraction of sp³-hybridized carbons (Fsp3) is 0.389. The molecule has 1 unspecified atom stereocenters. The number of benzene rings is 1. The summed E-state index contributed by atoms with van der Waals surface area (Å²) in [7, 11) is 0. The summed E-state index contributed by atoms with van der Waals surface area (Å²) in [6.45, 7) is 6.31. The molecule has 1 N–H and O–H groups in total. The third kappa shape index (κ3) is 2.26. The lowest BCUT2D eigenvalue weighted by Gasteiger charge is -2.34. The van der Waals surface area contributed by atoms with Crippen LogP contribution in [-0.2, 0) is 6.42 Å². The van der Waals surface area contributed by atoms with E-state index in [1.165, 1.54) is 0 Å². The summed E-state index contributed by atoms with van der Waals surface area (Å²) >= 11 is 0. The SMILES string of the molecule is Cc1cccc(-n2ccc3c2CC(C)(C)CC3O)c1C#N. The quantitative estimate of drug-likeness (QED) is 0.866. The Hall–Kier alpha value is -2.05. The Labute approximate surface area is 125 Å². The van der Waals surface area contributed by atoms with Crippen LogP contribution in [0.4, 0.5) is 0 Å². The lowest BCUT2D eigenvalue weighted by molar-refractivity contribution is 0.0987. The molecule has 1 heterocycles. The number of aliphatic hydroxyl groups excluding tert-OH is 1. The number of hydrogen-bond donors (Lipinski definition) is 1. The Balaban J connectivity index is 2.20. The second-order valence-corrected chi connectivity index (χ2v) is 6.73. The highest BCUT2D eigenvalue weighted by molar-refractivity contribution is 5.55. The van der Waals surface area contributed by atoms with Crippen LogP contribution in [0.25, 0.3) is 5.69 Å². The van der Waals surface area contributed by atoms with E-state index in [0.29, 0.717) is 5.56 Å². The van der Waals surface area contributed by atoms with Gasteiger partial charge in [0, 0.05) is 17.5 Å². The summed E-state index contributed by atoms with van der Waals surface area (Å²) in [5.41, 5.74) is 4.78. The van der Waals surface area contributed by atoms with E-state index >= 15 is 0 Å². The molecule has 1 aliphatic carbocycles. The molecule has 108 valence electrons. The lowest BCUT2D eigenvalue weighted by Crippen LogP contribution is -2.26. The number of fused-ring (bicyclic) bond motifs is 1. The van der Waals surface area contributed by atoms with E-state index in [1.807, 2.05) is 37.4 Å². The van der Waals surface area contributed by atoms with Gasteiger partial charge in [0.1, 0.15) is 6.07 Å². The van der Waals surface area contributed by atoms with Gasteiger partial charge in [-0.25, -0.2) is 0 Å². The van der Waals surface area contributed by atoms with Gasteiger partial charge in [-0.15, -0.1) is 0 Å². The zero-order valence-corrected chi connectivity index (χ0v) is 12.7. The fourth-order valence-electron chi connectivity index (χ4n) is 3.35. The standard InChI is InChI=1S/C18H20N2O/c1-12-5-4-6-15(14(12)11-19)20-8-7-13-16(20)9-18(2,3)10-17(13)21/h4-8,17,21H,9-10H2,1-3H3. The maximum atomic E-state index is 10.4. The molecule has 3 nitrogen and oxygen atoms in total. The van der Waals surface area contributed by atoms with Crippen LogP contribution in [0.3, 0.4) is 0 Å². The Kier molecular flexibility index (Phi) is 3.15. The maximum Gasteiger partial charge on any atom is 0.102 e. The van der Waals surface area contributed by atoms with Crippen molar-refractivity contribution in [2.24, 2.45) is 5.41 Å². The van der Waals surface area contributed by atoms with Crippen LogP contribution in [-0.4, -0.2) is 9.67 Å². The summed E-state index contributed by atoms with van der Waals surface area (Å²) in [5, 5.41) is 19.8. The smallest absolute Gasteiger partial charge is 0.102 e. The molecule has 21 heavy (non-hydrogen) atoms. The molecule has 0 saturated carbocycles. The molecule has 1 aromatic carbocycles. The second kappa shape index (κ2) is 4.75. The number of hydrogen-bond acceptors (Lipinski definition) is 2. The van der Waals surface area contributed by atoms with Crippen LogP contribution in [0.5, 0.6) is 0 Å². The number of rotatable bonds is 1. The summed E-state index contributed by atoms with van der Waals surface area (Å²) in [4.78, 5) is 0. The van der Waals surface area contributed by atoms with E-state index in [-0.39, 0.29) is 5.41 Å². The Morgan fingerprint density at radius 1 is 1.33 bits per heavy atom. The average molecular weight is 280 g/mol. The van der Waals surface area contributed by atoms with Crippen LogP contribution in [0.15, 0.2) is 30.5 Å². The first-order valence-corrected chi connectivity index (χ1v) is 7.31. The van der Waals surface area contributed by atoms with E-state index in [2.05, 4.69) is 24.5 Å². The Bertz CT molecular complexity index is 734. The molecule has 3 heteroatoms.